The molecule has 0 aliphatic carbocycles. The third-order valence-corrected chi connectivity index (χ3v) is 1.45. The molecule has 1 fully saturated rings. The van der Waals surface area contributed by atoms with Crippen molar-refractivity contribution >= 4 is 5.91 Å². The van der Waals surface area contributed by atoms with Gasteiger partial charge in [0.2, 0.25) is 5.91 Å². The summed E-state index contributed by atoms with van der Waals surface area (Å²) in [6, 6.07) is 0. The van der Waals surface area contributed by atoms with Crippen molar-refractivity contribution in [3.8, 4) is 0 Å². The van der Waals surface area contributed by atoms with Gasteiger partial charge in [-0.05, 0) is 12.8 Å². The molecule has 3 nitrogen and oxygen atoms in total. The van der Waals surface area contributed by atoms with E-state index in [2.05, 4.69) is 0 Å². The number of primary amides is 1. The lowest BCUT2D eigenvalue weighted by Crippen LogP contribution is -2.18. The average molecular weight is 129 g/mol. The highest BCUT2D eigenvalue weighted by Crippen LogP contribution is 2.14. The molecule has 1 heterocycles. The minimum absolute atomic E-state index is 0.113. The van der Waals surface area contributed by atoms with E-state index in [9.17, 15) is 4.79 Å². The molecule has 0 aromatic carbocycles. The Kier molecular flexibility index (Phi) is 2.05. The molecule has 1 atom stereocenters. The maximum atomic E-state index is 10.3. The molecule has 0 aromatic heterocycles. The summed E-state index contributed by atoms with van der Waals surface area (Å²) in [4.78, 5) is 10.3. The Morgan fingerprint density at radius 2 is 2.56 bits per heavy atom. The Labute approximate surface area is 54.2 Å². The molecule has 0 bridgehead atoms. The van der Waals surface area contributed by atoms with Gasteiger partial charge in [-0.2, -0.15) is 0 Å². The zero-order valence-corrected chi connectivity index (χ0v) is 5.30. The Balaban J connectivity index is 2.19. The van der Waals surface area contributed by atoms with E-state index in [1.807, 2.05) is 0 Å². The van der Waals surface area contributed by atoms with Crippen LogP contribution >= 0.6 is 0 Å². The summed E-state index contributed by atoms with van der Waals surface area (Å²) in [5.74, 6) is -0.262. The van der Waals surface area contributed by atoms with Crippen LogP contribution in [0.5, 0.6) is 0 Å². The number of ether oxygens (including phenoxy) is 1. The second-order valence-electron chi connectivity index (χ2n) is 2.31. The molecule has 0 radical (unpaired) electrons. The van der Waals surface area contributed by atoms with Crippen molar-refractivity contribution in [2.75, 3.05) is 6.61 Å². The smallest absolute Gasteiger partial charge is 0.220 e. The number of rotatable bonds is 2. The summed E-state index contributed by atoms with van der Waals surface area (Å²) < 4.78 is 5.16. The van der Waals surface area contributed by atoms with E-state index in [4.69, 9.17) is 10.5 Å². The van der Waals surface area contributed by atoms with Gasteiger partial charge in [-0.3, -0.25) is 4.79 Å². The van der Waals surface area contributed by atoms with Crippen molar-refractivity contribution in [3.05, 3.63) is 0 Å². The molecule has 1 aliphatic heterocycles. The van der Waals surface area contributed by atoms with Gasteiger partial charge in [0.25, 0.3) is 0 Å². The van der Waals surface area contributed by atoms with Crippen LogP contribution in [-0.4, -0.2) is 18.6 Å². The van der Waals surface area contributed by atoms with Crippen LogP contribution in [0.15, 0.2) is 0 Å². The summed E-state index contributed by atoms with van der Waals surface area (Å²) in [6.45, 7) is 0.790. The van der Waals surface area contributed by atoms with E-state index in [1.165, 1.54) is 0 Å². The Bertz CT molecular complexity index is 108. The second kappa shape index (κ2) is 2.82. The molecule has 1 amide bonds. The fraction of sp³-hybridized carbons (Fsp3) is 0.833. The molecule has 2 N–H and O–H groups in total. The second-order valence-corrected chi connectivity index (χ2v) is 2.31. The van der Waals surface area contributed by atoms with Gasteiger partial charge in [0.05, 0.1) is 12.5 Å². The van der Waals surface area contributed by atoms with E-state index >= 15 is 0 Å². The molecule has 3 heteroatoms. The SMILES string of the molecule is NC(=O)C[C@@H]1CCCO1. The normalized spacial score (nSPS) is 26.4. The van der Waals surface area contributed by atoms with E-state index in [0.717, 1.165) is 19.4 Å². The van der Waals surface area contributed by atoms with Gasteiger partial charge in [-0.1, -0.05) is 0 Å². The maximum Gasteiger partial charge on any atom is 0.220 e. The fourth-order valence-electron chi connectivity index (χ4n) is 1.03. The molecular formula is C6H11NO2. The van der Waals surface area contributed by atoms with E-state index in [0.29, 0.717) is 6.42 Å². The summed E-state index contributed by atoms with van der Waals surface area (Å²) in [5, 5.41) is 0. The molecule has 1 rings (SSSR count). The largest absolute Gasteiger partial charge is 0.378 e. The number of nitrogens with two attached hydrogens (primary N) is 1. The zero-order chi connectivity index (χ0) is 6.69. The van der Waals surface area contributed by atoms with Gasteiger partial charge >= 0.3 is 0 Å². The monoisotopic (exact) mass is 129 g/mol. The summed E-state index contributed by atoms with van der Waals surface area (Å²) in [5.41, 5.74) is 4.95. The molecule has 9 heavy (non-hydrogen) atoms. The minimum atomic E-state index is -0.262. The molecule has 1 saturated heterocycles. The molecule has 0 unspecified atom stereocenters. The van der Waals surface area contributed by atoms with Crippen molar-refractivity contribution in [1.29, 1.82) is 0 Å². The van der Waals surface area contributed by atoms with Crippen molar-refractivity contribution < 1.29 is 9.53 Å². The Hall–Kier alpha value is -0.570. The topological polar surface area (TPSA) is 52.3 Å². The van der Waals surface area contributed by atoms with Crippen molar-refractivity contribution in [1.82, 2.24) is 0 Å². The number of carbonyl (C=O) groups excluding carboxylic acids is 1. The molecule has 0 aromatic rings. The van der Waals surface area contributed by atoms with Gasteiger partial charge in [0.1, 0.15) is 0 Å². The zero-order valence-electron chi connectivity index (χ0n) is 5.30. The first-order valence-electron chi connectivity index (χ1n) is 3.19. The maximum absolute atomic E-state index is 10.3. The minimum Gasteiger partial charge on any atom is -0.378 e. The number of hydrogen-bond donors (Lipinski definition) is 1. The van der Waals surface area contributed by atoms with Crippen molar-refractivity contribution in [2.24, 2.45) is 5.73 Å². The van der Waals surface area contributed by atoms with E-state index < -0.39 is 0 Å². The lowest BCUT2D eigenvalue weighted by atomic mass is 10.2. The predicted molar refractivity (Wildman–Crippen MR) is 32.8 cm³/mol. The van der Waals surface area contributed by atoms with Gasteiger partial charge in [0.15, 0.2) is 0 Å². The van der Waals surface area contributed by atoms with Crippen LogP contribution in [0.25, 0.3) is 0 Å². The standard InChI is InChI=1S/C6H11NO2/c7-6(8)4-5-2-1-3-9-5/h5H,1-4H2,(H2,7,8)/t5-/m0/s1. The first-order valence-corrected chi connectivity index (χ1v) is 3.19. The van der Waals surface area contributed by atoms with Crippen LogP contribution in [0.4, 0.5) is 0 Å². The first-order chi connectivity index (χ1) is 4.29. The predicted octanol–water partition coefficient (Wildman–Crippen LogP) is 0.0408. The van der Waals surface area contributed by atoms with Gasteiger partial charge < -0.3 is 10.5 Å². The molecule has 52 valence electrons. The van der Waals surface area contributed by atoms with Crippen LogP contribution in [0.3, 0.4) is 0 Å². The quantitative estimate of drug-likeness (QED) is 0.572. The first kappa shape index (κ1) is 6.55. The van der Waals surface area contributed by atoms with E-state index in [-0.39, 0.29) is 12.0 Å². The molecular weight excluding hydrogens is 118 g/mol. The highest BCUT2D eigenvalue weighted by molar-refractivity contribution is 5.74. The third-order valence-electron chi connectivity index (χ3n) is 1.45. The molecule has 0 spiro atoms. The number of carbonyl (C=O) groups is 1. The van der Waals surface area contributed by atoms with Crippen LogP contribution in [0.2, 0.25) is 0 Å². The molecule has 1 aliphatic rings. The van der Waals surface area contributed by atoms with Crippen molar-refractivity contribution in [3.63, 3.8) is 0 Å². The Morgan fingerprint density at radius 3 is 3.00 bits per heavy atom. The van der Waals surface area contributed by atoms with Gasteiger partial charge in [-0.25, -0.2) is 0 Å². The van der Waals surface area contributed by atoms with Gasteiger partial charge in [-0.15, -0.1) is 0 Å². The fourth-order valence-corrected chi connectivity index (χ4v) is 1.03. The van der Waals surface area contributed by atoms with Crippen LogP contribution < -0.4 is 5.73 Å². The van der Waals surface area contributed by atoms with E-state index in [1.54, 1.807) is 0 Å². The summed E-state index contributed by atoms with van der Waals surface area (Å²) in [6.07, 6.45) is 2.56. The highest BCUT2D eigenvalue weighted by atomic mass is 16.5. The highest BCUT2D eigenvalue weighted by Gasteiger charge is 2.16. The van der Waals surface area contributed by atoms with Crippen LogP contribution in [0, 0.1) is 0 Å². The third kappa shape index (κ3) is 2.01. The van der Waals surface area contributed by atoms with Crippen molar-refractivity contribution in [2.45, 2.75) is 25.4 Å². The van der Waals surface area contributed by atoms with Gasteiger partial charge in [0, 0.05) is 6.61 Å². The summed E-state index contributed by atoms with van der Waals surface area (Å²) >= 11 is 0. The average Bonchev–Trinajstić information content (AvgIpc) is 2.15. The lowest BCUT2D eigenvalue weighted by Gasteiger charge is -2.03. The van der Waals surface area contributed by atoms with Crippen LogP contribution in [0.1, 0.15) is 19.3 Å². The Morgan fingerprint density at radius 1 is 1.78 bits per heavy atom. The van der Waals surface area contributed by atoms with Crippen LogP contribution in [-0.2, 0) is 9.53 Å². The number of amides is 1. The summed E-state index contributed by atoms with van der Waals surface area (Å²) in [7, 11) is 0. The lowest BCUT2D eigenvalue weighted by molar-refractivity contribution is -0.120. The number of hydrogen-bond acceptors (Lipinski definition) is 2. The molecule has 0 saturated carbocycles.